The van der Waals surface area contributed by atoms with Gasteiger partial charge in [-0.25, -0.2) is 4.79 Å². The molecular formula is C18H15Cl2N3O4S2. The van der Waals surface area contributed by atoms with Gasteiger partial charge in [-0.1, -0.05) is 23.2 Å². The fourth-order valence-corrected chi connectivity index (χ4v) is 6.14. The summed E-state index contributed by atoms with van der Waals surface area (Å²) in [5.41, 5.74) is 7.35. The quantitative estimate of drug-likeness (QED) is 0.590. The number of halogens is 2. The lowest BCUT2D eigenvalue weighted by Crippen LogP contribution is -2.71. The zero-order chi connectivity index (χ0) is 21.0. The summed E-state index contributed by atoms with van der Waals surface area (Å²) in [4.78, 5) is 38.0. The maximum Gasteiger partial charge on any atom is 0.352 e. The molecule has 29 heavy (non-hydrogen) atoms. The number of thiophene rings is 1. The van der Waals surface area contributed by atoms with Crippen molar-refractivity contribution in [2.24, 2.45) is 5.73 Å². The number of nitrogens with zero attached hydrogens (tertiary/aromatic N) is 1. The number of thioether (sulfide) groups is 1. The number of aliphatic carboxylic acids is 1. The van der Waals surface area contributed by atoms with Crippen LogP contribution in [0.25, 0.3) is 10.1 Å². The molecule has 2 amide bonds. The van der Waals surface area contributed by atoms with E-state index in [9.17, 15) is 19.5 Å². The molecular weight excluding hydrogens is 457 g/mol. The lowest BCUT2D eigenvalue weighted by molar-refractivity contribution is -0.150. The first-order chi connectivity index (χ1) is 13.7. The van der Waals surface area contributed by atoms with Crippen molar-refractivity contribution in [2.75, 3.05) is 5.75 Å². The molecule has 1 aromatic carbocycles. The topological polar surface area (TPSA) is 113 Å². The normalized spacial score (nSPS) is 22.3. The maximum atomic E-state index is 12.7. The van der Waals surface area contributed by atoms with Gasteiger partial charge in [0, 0.05) is 10.5 Å². The van der Waals surface area contributed by atoms with E-state index in [1.807, 2.05) is 0 Å². The highest BCUT2D eigenvalue weighted by Crippen LogP contribution is 2.40. The van der Waals surface area contributed by atoms with Gasteiger partial charge >= 0.3 is 5.97 Å². The SMILES string of the molecule is CC1=C(C(=O)O)N2C(=O)C(NC(=O)[C@H](N)c3csc4cc(Cl)c(Cl)cc34)C2SC1. The molecule has 2 aromatic rings. The Morgan fingerprint density at radius 2 is 2.03 bits per heavy atom. The highest BCUT2D eigenvalue weighted by Gasteiger charge is 2.54. The summed E-state index contributed by atoms with van der Waals surface area (Å²) in [7, 11) is 0. The molecule has 2 unspecified atom stereocenters. The number of benzene rings is 1. The minimum Gasteiger partial charge on any atom is -0.477 e. The highest BCUT2D eigenvalue weighted by molar-refractivity contribution is 8.00. The molecule has 1 fully saturated rings. The Balaban J connectivity index is 1.53. The van der Waals surface area contributed by atoms with Gasteiger partial charge < -0.3 is 16.2 Å². The molecule has 2 aliphatic heterocycles. The van der Waals surface area contributed by atoms with Crippen LogP contribution >= 0.6 is 46.3 Å². The molecule has 0 radical (unpaired) electrons. The van der Waals surface area contributed by atoms with Crippen molar-refractivity contribution in [3.05, 3.63) is 44.4 Å². The lowest BCUT2D eigenvalue weighted by Gasteiger charge is -2.49. The summed E-state index contributed by atoms with van der Waals surface area (Å²) in [6.45, 7) is 1.68. The molecule has 4 N–H and O–H groups in total. The van der Waals surface area contributed by atoms with Crippen LogP contribution in [0.4, 0.5) is 0 Å². The zero-order valence-electron chi connectivity index (χ0n) is 14.9. The van der Waals surface area contributed by atoms with Crippen molar-refractivity contribution >= 4 is 74.2 Å². The fraction of sp³-hybridized carbons (Fsp3) is 0.278. The van der Waals surface area contributed by atoms with E-state index < -0.39 is 35.2 Å². The Labute approximate surface area is 183 Å². The molecule has 4 rings (SSSR count). The molecule has 11 heteroatoms. The minimum absolute atomic E-state index is 0.0103. The molecule has 1 saturated heterocycles. The number of hydrogen-bond donors (Lipinski definition) is 3. The number of carboxylic acids is 1. The van der Waals surface area contributed by atoms with E-state index in [4.69, 9.17) is 28.9 Å². The first kappa shape index (κ1) is 20.5. The third-order valence-corrected chi connectivity index (χ3v) is 8.03. The van der Waals surface area contributed by atoms with Crippen LogP contribution in [0.1, 0.15) is 18.5 Å². The minimum atomic E-state index is -1.15. The average molecular weight is 472 g/mol. The summed E-state index contributed by atoms with van der Waals surface area (Å²) in [6, 6.07) is 1.56. The van der Waals surface area contributed by atoms with Crippen molar-refractivity contribution in [3.8, 4) is 0 Å². The number of nitrogens with two attached hydrogens (primary N) is 1. The van der Waals surface area contributed by atoms with Crippen molar-refractivity contribution in [1.82, 2.24) is 10.2 Å². The summed E-state index contributed by atoms with van der Waals surface area (Å²) >= 11 is 14.9. The van der Waals surface area contributed by atoms with Gasteiger partial charge in [-0.15, -0.1) is 23.1 Å². The smallest absolute Gasteiger partial charge is 0.352 e. The van der Waals surface area contributed by atoms with Gasteiger partial charge in [-0.2, -0.15) is 0 Å². The maximum absolute atomic E-state index is 12.7. The van der Waals surface area contributed by atoms with E-state index in [2.05, 4.69) is 5.32 Å². The Hall–Kier alpha value is -1.78. The molecule has 3 atom stereocenters. The number of carbonyl (C=O) groups is 3. The van der Waals surface area contributed by atoms with Crippen molar-refractivity contribution < 1.29 is 19.5 Å². The van der Waals surface area contributed by atoms with Crippen LogP contribution in [0.5, 0.6) is 0 Å². The van der Waals surface area contributed by atoms with Gasteiger partial charge in [-0.3, -0.25) is 14.5 Å². The molecule has 0 aliphatic carbocycles. The van der Waals surface area contributed by atoms with Crippen molar-refractivity contribution in [1.29, 1.82) is 0 Å². The van der Waals surface area contributed by atoms with Crippen LogP contribution in [0, 0.1) is 0 Å². The van der Waals surface area contributed by atoms with Crippen LogP contribution < -0.4 is 11.1 Å². The highest BCUT2D eigenvalue weighted by atomic mass is 35.5. The first-order valence-electron chi connectivity index (χ1n) is 8.50. The third kappa shape index (κ3) is 3.30. The van der Waals surface area contributed by atoms with E-state index in [1.54, 1.807) is 24.4 Å². The number of fused-ring (bicyclic) bond motifs is 2. The number of nitrogens with one attached hydrogen (secondary N) is 1. The predicted molar refractivity (Wildman–Crippen MR) is 114 cm³/mol. The summed E-state index contributed by atoms with van der Waals surface area (Å²) in [5.74, 6) is -1.65. The molecule has 2 aliphatic rings. The Kier molecular flexibility index (Phi) is 5.28. The van der Waals surface area contributed by atoms with Crippen molar-refractivity contribution in [2.45, 2.75) is 24.4 Å². The molecule has 0 spiro atoms. The number of carboxylic acid groups (broad SMARTS) is 1. The monoisotopic (exact) mass is 471 g/mol. The van der Waals surface area contributed by atoms with E-state index in [1.165, 1.54) is 28.0 Å². The number of β-lactam (4-membered cyclic amide) rings is 1. The van der Waals surface area contributed by atoms with Gasteiger partial charge in [-0.05, 0) is 41.0 Å². The van der Waals surface area contributed by atoms with E-state index in [0.717, 1.165) is 10.1 Å². The number of rotatable bonds is 4. The zero-order valence-corrected chi connectivity index (χ0v) is 18.1. The van der Waals surface area contributed by atoms with Crippen LogP contribution in [0.15, 0.2) is 28.8 Å². The largest absolute Gasteiger partial charge is 0.477 e. The third-order valence-electron chi connectivity index (χ3n) is 4.92. The number of carbonyl (C=O) groups excluding carboxylic acids is 2. The lowest BCUT2D eigenvalue weighted by atomic mass is 10.0. The van der Waals surface area contributed by atoms with E-state index in [-0.39, 0.29) is 5.70 Å². The van der Waals surface area contributed by atoms with Gasteiger partial charge in [0.2, 0.25) is 5.91 Å². The molecule has 152 valence electrons. The molecule has 0 bridgehead atoms. The van der Waals surface area contributed by atoms with Gasteiger partial charge in [0.25, 0.3) is 5.91 Å². The Morgan fingerprint density at radius 1 is 1.34 bits per heavy atom. The van der Waals surface area contributed by atoms with Gasteiger partial charge in [0.15, 0.2) is 0 Å². The Bertz CT molecular complexity index is 1100. The Morgan fingerprint density at radius 3 is 2.72 bits per heavy atom. The van der Waals surface area contributed by atoms with E-state index in [0.29, 0.717) is 26.9 Å². The molecule has 3 heterocycles. The fourth-order valence-electron chi connectivity index (χ4n) is 3.44. The summed E-state index contributed by atoms with van der Waals surface area (Å²) in [5, 5.41) is 14.9. The molecule has 0 saturated carbocycles. The molecule has 7 nitrogen and oxygen atoms in total. The standard InChI is InChI=1S/C18H15Cl2N3O4S2/c1-6-4-29-17-13(16(25)23(17)14(6)18(26)27)22-15(24)12(21)8-5-28-11-3-10(20)9(19)2-7(8)11/h2-3,5,12-13,17H,4,21H2,1H3,(H,22,24)(H,26,27)/t12-,13?,17?/m1/s1. The van der Waals surface area contributed by atoms with Crippen LogP contribution in [0.2, 0.25) is 10.0 Å². The summed E-state index contributed by atoms with van der Waals surface area (Å²) in [6.07, 6.45) is 0. The van der Waals surface area contributed by atoms with Gasteiger partial charge in [0.1, 0.15) is 23.2 Å². The van der Waals surface area contributed by atoms with E-state index >= 15 is 0 Å². The second kappa shape index (κ2) is 7.48. The second-order valence-corrected chi connectivity index (χ2v) is 9.59. The average Bonchev–Trinajstić information content (AvgIpc) is 3.07. The van der Waals surface area contributed by atoms with Crippen LogP contribution in [-0.2, 0) is 14.4 Å². The predicted octanol–water partition coefficient (Wildman–Crippen LogP) is 2.97. The second-order valence-electron chi connectivity index (χ2n) is 6.76. The number of hydrogen-bond acceptors (Lipinski definition) is 6. The van der Waals surface area contributed by atoms with Crippen LogP contribution in [0.3, 0.4) is 0 Å². The summed E-state index contributed by atoms with van der Waals surface area (Å²) < 4.78 is 0.845. The van der Waals surface area contributed by atoms with Gasteiger partial charge in [0.05, 0.1) is 10.0 Å². The van der Waals surface area contributed by atoms with Crippen LogP contribution in [-0.4, -0.2) is 45.0 Å². The number of amides is 2. The molecule has 1 aromatic heterocycles. The van der Waals surface area contributed by atoms with Crippen molar-refractivity contribution in [3.63, 3.8) is 0 Å². The first-order valence-corrected chi connectivity index (χ1v) is 11.2.